The standard InChI is InChI=1S/C20H18N2O3S2/c1-12(14-4-10-17(25-3)11-5-14)18-19(24)22(20(26)27-18)16-8-6-15(7-9-16)21-13(2)23/h4-11H,1-3H3,(H,21,23)/b18-12-. The molecule has 1 heterocycles. The summed E-state index contributed by atoms with van der Waals surface area (Å²) in [5.41, 5.74) is 3.15. The van der Waals surface area contributed by atoms with Gasteiger partial charge in [-0.3, -0.25) is 14.5 Å². The molecule has 1 aliphatic heterocycles. The highest BCUT2D eigenvalue weighted by Gasteiger charge is 2.34. The molecular formula is C20H18N2O3S2. The number of allylic oxidation sites excluding steroid dienone is 1. The van der Waals surface area contributed by atoms with E-state index in [1.54, 1.807) is 31.4 Å². The van der Waals surface area contributed by atoms with E-state index in [0.717, 1.165) is 16.9 Å². The lowest BCUT2D eigenvalue weighted by Gasteiger charge is -2.15. The summed E-state index contributed by atoms with van der Waals surface area (Å²) < 4.78 is 5.66. The van der Waals surface area contributed by atoms with Crippen LogP contribution in [0.25, 0.3) is 5.57 Å². The zero-order chi connectivity index (χ0) is 19.6. The molecule has 27 heavy (non-hydrogen) atoms. The molecule has 1 aliphatic rings. The number of ether oxygens (including phenoxy) is 1. The van der Waals surface area contributed by atoms with E-state index in [1.807, 2.05) is 31.2 Å². The Balaban J connectivity index is 1.88. The van der Waals surface area contributed by atoms with Crippen LogP contribution in [0.2, 0.25) is 0 Å². The molecular weight excluding hydrogens is 380 g/mol. The molecule has 1 fully saturated rings. The first-order valence-corrected chi connectivity index (χ1v) is 9.42. The summed E-state index contributed by atoms with van der Waals surface area (Å²) in [7, 11) is 1.62. The first kappa shape index (κ1) is 19.1. The Morgan fingerprint density at radius 1 is 1.07 bits per heavy atom. The number of rotatable bonds is 4. The second kappa shape index (κ2) is 7.94. The molecule has 0 unspecified atom stereocenters. The van der Waals surface area contributed by atoms with Crippen LogP contribution in [-0.2, 0) is 9.59 Å². The molecule has 0 aromatic heterocycles. The number of nitrogens with one attached hydrogen (secondary N) is 1. The number of carbonyl (C=O) groups excluding carboxylic acids is 2. The number of thioether (sulfide) groups is 1. The molecule has 1 saturated heterocycles. The second-order valence-electron chi connectivity index (χ2n) is 5.92. The third kappa shape index (κ3) is 4.04. The number of amides is 2. The maximum atomic E-state index is 13.0. The van der Waals surface area contributed by atoms with Crippen LogP contribution in [0.1, 0.15) is 19.4 Å². The maximum absolute atomic E-state index is 13.0. The zero-order valence-corrected chi connectivity index (χ0v) is 16.7. The third-order valence-corrected chi connectivity index (χ3v) is 5.55. The van der Waals surface area contributed by atoms with Crippen LogP contribution < -0.4 is 15.0 Å². The summed E-state index contributed by atoms with van der Waals surface area (Å²) in [4.78, 5) is 26.2. The monoisotopic (exact) mass is 398 g/mol. The fourth-order valence-electron chi connectivity index (χ4n) is 2.69. The van der Waals surface area contributed by atoms with E-state index in [9.17, 15) is 9.59 Å². The average Bonchev–Trinajstić information content (AvgIpc) is 2.96. The van der Waals surface area contributed by atoms with E-state index in [-0.39, 0.29) is 11.8 Å². The Morgan fingerprint density at radius 3 is 2.26 bits per heavy atom. The lowest BCUT2D eigenvalue weighted by molar-refractivity contribution is -0.114. The Bertz CT molecular complexity index is 935. The Labute approximate surface area is 167 Å². The Morgan fingerprint density at radius 2 is 1.70 bits per heavy atom. The number of anilines is 2. The first-order valence-electron chi connectivity index (χ1n) is 8.20. The summed E-state index contributed by atoms with van der Waals surface area (Å²) in [5.74, 6) is 0.468. The van der Waals surface area contributed by atoms with E-state index in [1.165, 1.54) is 23.6 Å². The topological polar surface area (TPSA) is 58.6 Å². The molecule has 1 N–H and O–H groups in total. The highest BCUT2D eigenvalue weighted by atomic mass is 32.2. The van der Waals surface area contributed by atoms with Gasteiger partial charge in [0.2, 0.25) is 5.91 Å². The zero-order valence-electron chi connectivity index (χ0n) is 15.1. The molecule has 0 radical (unpaired) electrons. The van der Waals surface area contributed by atoms with Crippen LogP contribution in [0.4, 0.5) is 11.4 Å². The first-order chi connectivity index (χ1) is 12.9. The van der Waals surface area contributed by atoms with Gasteiger partial charge in [0.1, 0.15) is 5.75 Å². The summed E-state index contributed by atoms with van der Waals surface area (Å²) in [6, 6.07) is 14.6. The number of methoxy groups -OCH3 is 1. The van der Waals surface area contributed by atoms with Crippen LogP contribution in [0, 0.1) is 0 Å². The summed E-state index contributed by atoms with van der Waals surface area (Å²) >= 11 is 6.72. The largest absolute Gasteiger partial charge is 0.497 e. The van der Waals surface area contributed by atoms with Gasteiger partial charge in [0.15, 0.2) is 4.32 Å². The van der Waals surface area contributed by atoms with Crippen molar-refractivity contribution in [2.75, 3.05) is 17.3 Å². The van der Waals surface area contributed by atoms with Crippen LogP contribution in [-0.4, -0.2) is 23.2 Å². The predicted molar refractivity (Wildman–Crippen MR) is 114 cm³/mol. The third-order valence-electron chi connectivity index (χ3n) is 4.08. The van der Waals surface area contributed by atoms with Crippen molar-refractivity contribution in [3.8, 4) is 5.75 Å². The number of thiocarbonyl (C=S) groups is 1. The molecule has 0 aliphatic carbocycles. The number of hydrogen-bond acceptors (Lipinski definition) is 5. The highest BCUT2D eigenvalue weighted by Crippen LogP contribution is 2.39. The number of hydrogen-bond donors (Lipinski definition) is 1. The number of benzene rings is 2. The van der Waals surface area contributed by atoms with Crippen LogP contribution in [0.5, 0.6) is 5.75 Å². The van der Waals surface area contributed by atoms with Gasteiger partial charge < -0.3 is 10.1 Å². The van der Waals surface area contributed by atoms with Gasteiger partial charge in [-0.25, -0.2) is 0 Å². The maximum Gasteiger partial charge on any atom is 0.271 e. The fraction of sp³-hybridized carbons (Fsp3) is 0.150. The fourth-order valence-corrected chi connectivity index (χ4v) is 4.03. The molecule has 3 rings (SSSR count). The van der Waals surface area contributed by atoms with Crippen molar-refractivity contribution in [2.45, 2.75) is 13.8 Å². The van der Waals surface area contributed by atoms with Gasteiger partial charge in [-0.15, -0.1) is 0 Å². The molecule has 2 aromatic rings. The minimum atomic E-state index is -0.148. The van der Waals surface area contributed by atoms with Crippen LogP contribution in [0.3, 0.4) is 0 Å². The quantitative estimate of drug-likeness (QED) is 0.609. The molecule has 7 heteroatoms. The lowest BCUT2D eigenvalue weighted by atomic mass is 10.1. The Hall–Kier alpha value is -2.64. The summed E-state index contributed by atoms with van der Waals surface area (Å²) in [6.45, 7) is 3.36. The van der Waals surface area contributed by atoms with E-state index < -0.39 is 0 Å². The van der Waals surface area contributed by atoms with Crippen molar-refractivity contribution in [3.63, 3.8) is 0 Å². The van der Waals surface area contributed by atoms with Gasteiger partial charge in [0.25, 0.3) is 5.91 Å². The van der Waals surface area contributed by atoms with Crippen molar-refractivity contribution >= 4 is 57.1 Å². The molecule has 2 aromatic carbocycles. The Kier molecular flexibility index (Phi) is 5.62. The highest BCUT2D eigenvalue weighted by molar-refractivity contribution is 8.27. The molecule has 0 bridgehead atoms. The summed E-state index contributed by atoms with van der Waals surface area (Å²) in [5, 5.41) is 2.70. The minimum Gasteiger partial charge on any atom is -0.497 e. The van der Waals surface area contributed by atoms with E-state index >= 15 is 0 Å². The van der Waals surface area contributed by atoms with Crippen molar-refractivity contribution in [1.29, 1.82) is 0 Å². The van der Waals surface area contributed by atoms with Crippen LogP contribution >= 0.6 is 24.0 Å². The SMILES string of the molecule is COc1ccc(/C(C)=C2\SC(=S)N(c3ccc(NC(C)=O)cc3)C2=O)cc1. The summed E-state index contributed by atoms with van der Waals surface area (Å²) in [6.07, 6.45) is 0. The van der Waals surface area contributed by atoms with Gasteiger partial charge in [-0.2, -0.15) is 0 Å². The van der Waals surface area contributed by atoms with Crippen LogP contribution in [0.15, 0.2) is 53.4 Å². The second-order valence-corrected chi connectivity index (χ2v) is 7.56. The molecule has 0 saturated carbocycles. The van der Waals surface area contributed by atoms with Gasteiger partial charge in [-0.1, -0.05) is 36.1 Å². The lowest BCUT2D eigenvalue weighted by Crippen LogP contribution is -2.27. The number of carbonyl (C=O) groups is 2. The molecule has 0 atom stereocenters. The molecule has 0 spiro atoms. The van der Waals surface area contributed by atoms with Gasteiger partial charge in [0.05, 0.1) is 17.7 Å². The van der Waals surface area contributed by atoms with E-state index in [0.29, 0.717) is 20.6 Å². The normalized spacial score (nSPS) is 15.7. The number of nitrogens with zero attached hydrogens (tertiary/aromatic N) is 1. The van der Waals surface area contributed by atoms with Gasteiger partial charge in [-0.05, 0) is 54.5 Å². The van der Waals surface area contributed by atoms with Crippen molar-refractivity contribution < 1.29 is 14.3 Å². The minimum absolute atomic E-state index is 0.147. The molecule has 138 valence electrons. The van der Waals surface area contributed by atoms with E-state index in [4.69, 9.17) is 17.0 Å². The predicted octanol–water partition coefficient (Wildman–Crippen LogP) is 4.45. The molecule has 5 nitrogen and oxygen atoms in total. The average molecular weight is 399 g/mol. The van der Waals surface area contributed by atoms with E-state index in [2.05, 4.69) is 5.32 Å². The van der Waals surface area contributed by atoms with Crippen molar-refractivity contribution in [3.05, 3.63) is 59.0 Å². The van der Waals surface area contributed by atoms with Gasteiger partial charge >= 0.3 is 0 Å². The smallest absolute Gasteiger partial charge is 0.271 e. The molecule has 2 amide bonds. The van der Waals surface area contributed by atoms with Crippen molar-refractivity contribution in [2.24, 2.45) is 0 Å². The van der Waals surface area contributed by atoms with Gasteiger partial charge in [0, 0.05) is 12.6 Å². The van der Waals surface area contributed by atoms with Crippen molar-refractivity contribution in [1.82, 2.24) is 0 Å².